The van der Waals surface area contributed by atoms with E-state index in [2.05, 4.69) is 58.0 Å². The molecule has 0 bridgehead atoms. The van der Waals surface area contributed by atoms with Gasteiger partial charge in [0.1, 0.15) is 0 Å². The summed E-state index contributed by atoms with van der Waals surface area (Å²) in [6, 6.07) is 11.2. The second-order valence-corrected chi connectivity index (χ2v) is 10.2. The Morgan fingerprint density at radius 1 is 0.741 bits per heavy atom. The fourth-order valence-electron chi connectivity index (χ4n) is 6.46. The zero-order valence-electron chi connectivity index (χ0n) is 18.5. The molecule has 0 N–H and O–H groups in total. The molecular formula is C27H44. The average molecular weight is 369 g/mol. The van der Waals surface area contributed by atoms with Crippen LogP contribution in [0.3, 0.4) is 0 Å². The highest BCUT2D eigenvalue weighted by atomic mass is 14.4. The summed E-state index contributed by atoms with van der Waals surface area (Å²) in [5, 5.41) is 0. The number of benzene rings is 1. The minimum Gasteiger partial charge on any atom is -0.0654 e. The lowest BCUT2D eigenvalue weighted by Crippen LogP contribution is -2.30. The van der Waals surface area contributed by atoms with Crippen molar-refractivity contribution in [2.24, 2.45) is 35.5 Å². The van der Waals surface area contributed by atoms with E-state index in [-0.39, 0.29) is 0 Å². The minimum atomic E-state index is 0.694. The van der Waals surface area contributed by atoms with Crippen LogP contribution in [0.25, 0.3) is 0 Å². The summed E-state index contributed by atoms with van der Waals surface area (Å²) in [4.78, 5) is 0. The summed E-state index contributed by atoms with van der Waals surface area (Å²) >= 11 is 0. The molecule has 0 heteroatoms. The Morgan fingerprint density at radius 3 is 1.81 bits per heavy atom. The second-order valence-electron chi connectivity index (χ2n) is 10.2. The number of rotatable bonds is 7. The Balaban J connectivity index is 1.46. The maximum Gasteiger partial charge on any atom is -0.0162 e. The predicted molar refractivity (Wildman–Crippen MR) is 119 cm³/mol. The van der Waals surface area contributed by atoms with Crippen LogP contribution in [-0.4, -0.2) is 0 Å². The van der Waals surface area contributed by atoms with Gasteiger partial charge in [-0.15, -0.1) is 0 Å². The van der Waals surface area contributed by atoms with E-state index in [9.17, 15) is 0 Å². The van der Waals surface area contributed by atoms with E-state index >= 15 is 0 Å². The first-order valence-corrected chi connectivity index (χ1v) is 12.1. The van der Waals surface area contributed by atoms with Crippen molar-refractivity contribution < 1.29 is 0 Å². The molecule has 152 valence electrons. The molecule has 0 spiro atoms. The van der Waals surface area contributed by atoms with Crippen molar-refractivity contribution in [3.05, 3.63) is 35.9 Å². The fourth-order valence-corrected chi connectivity index (χ4v) is 6.46. The van der Waals surface area contributed by atoms with E-state index in [4.69, 9.17) is 0 Å². The molecule has 2 fully saturated rings. The second kappa shape index (κ2) is 10.1. The Kier molecular flexibility index (Phi) is 7.86. The first-order valence-electron chi connectivity index (χ1n) is 12.1. The molecule has 3 unspecified atom stereocenters. The summed E-state index contributed by atoms with van der Waals surface area (Å²) < 4.78 is 0. The van der Waals surface area contributed by atoms with Gasteiger partial charge in [-0.3, -0.25) is 0 Å². The summed E-state index contributed by atoms with van der Waals surface area (Å²) in [6.45, 7) is 9.92. The zero-order chi connectivity index (χ0) is 19.2. The molecular weight excluding hydrogens is 324 g/mol. The predicted octanol–water partition coefficient (Wildman–Crippen LogP) is 8.48. The van der Waals surface area contributed by atoms with Crippen LogP contribution < -0.4 is 0 Å². The van der Waals surface area contributed by atoms with Crippen molar-refractivity contribution in [3.63, 3.8) is 0 Å². The Labute approximate surface area is 169 Å². The van der Waals surface area contributed by atoms with E-state index in [0.29, 0.717) is 5.92 Å². The molecule has 0 heterocycles. The van der Waals surface area contributed by atoms with Crippen LogP contribution in [0.1, 0.15) is 103 Å². The van der Waals surface area contributed by atoms with E-state index in [0.717, 1.165) is 35.5 Å². The molecule has 0 nitrogen and oxygen atoms in total. The molecule has 2 saturated carbocycles. The topological polar surface area (TPSA) is 0 Å². The minimum absolute atomic E-state index is 0.694. The van der Waals surface area contributed by atoms with Gasteiger partial charge < -0.3 is 0 Å². The van der Waals surface area contributed by atoms with Gasteiger partial charge in [-0.25, -0.2) is 0 Å². The van der Waals surface area contributed by atoms with Crippen LogP contribution in [0.2, 0.25) is 0 Å². The Bertz CT molecular complexity index is 516. The largest absolute Gasteiger partial charge is 0.0654 e. The Hall–Kier alpha value is -0.780. The summed E-state index contributed by atoms with van der Waals surface area (Å²) in [7, 11) is 0. The van der Waals surface area contributed by atoms with Crippen LogP contribution in [0.4, 0.5) is 0 Å². The van der Waals surface area contributed by atoms with Crippen LogP contribution in [0.5, 0.6) is 0 Å². The first-order chi connectivity index (χ1) is 13.1. The highest BCUT2D eigenvalue weighted by Crippen LogP contribution is 2.45. The maximum absolute atomic E-state index is 2.60. The fraction of sp³-hybridized carbons (Fsp3) is 0.778. The average Bonchev–Trinajstić information content (AvgIpc) is 2.74. The number of hydrogen-bond donors (Lipinski definition) is 0. The van der Waals surface area contributed by atoms with Crippen LogP contribution in [-0.2, 0) is 0 Å². The molecule has 0 aliphatic heterocycles. The normalized spacial score (nSPS) is 32.6. The van der Waals surface area contributed by atoms with Crippen molar-refractivity contribution in [2.45, 2.75) is 97.8 Å². The van der Waals surface area contributed by atoms with Crippen LogP contribution >= 0.6 is 0 Å². The third kappa shape index (κ3) is 5.39. The molecule has 0 amide bonds. The smallest absolute Gasteiger partial charge is 0.0162 e. The van der Waals surface area contributed by atoms with Crippen molar-refractivity contribution in [1.82, 2.24) is 0 Å². The van der Waals surface area contributed by atoms with Gasteiger partial charge in [0.15, 0.2) is 0 Å². The molecule has 1 aromatic rings. The first kappa shape index (κ1) is 20.9. The van der Waals surface area contributed by atoms with Crippen molar-refractivity contribution in [3.8, 4) is 0 Å². The quantitative estimate of drug-likeness (QED) is 0.452. The zero-order valence-corrected chi connectivity index (χ0v) is 18.5. The SMILES string of the molecule is CCCC1CCC(C(C)C2CCC(C(C)C(C)c3ccccc3)CC2)CC1. The lowest BCUT2D eigenvalue weighted by atomic mass is 9.65. The highest BCUT2D eigenvalue weighted by Gasteiger charge is 2.34. The molecule has 0 aromatic heterocycles. The lowest BCUT2D eigenvalue weighted by Gasteiger charge is -2.41. The molecule has 2 aliphatic carbocycles. The van der Waals surface area contributed by atoms with E-state index in [1.807, 2.05) is 0 Å². The lowest BCUT2D eigenvalue weighted by molar-refractivity contribution is 0.107. The van der Waals surface area contributed by atoms with Gasteiger partial charge in [0.05, 0.1) is 0 Å². The molecule has 3 atom stereocenters. The van der Waals surface area contributed by atoms with Gasteiger partial charge in [-0.2, -0.15) is 0 Å². The van der Waals surface area contributed by atoms with Gasteiger partial charge in [0.25, 0.3) is 0 Å². The molecule has 0 radical (unpaired) electrons. The molecule has 3 rings (SSSR count). The van der Waals surface area contributed by atoms with Gasteiger partial charge in [0.2, 0.25) is 0 Å². The van der Waals surface area contributed by atoms with Crippen molar-refractivity contribution in [1.29, 1.82) is 0 Å². The van der Waals surface area contributed by atoms with Crippen LogP contribution in [0, 0.1) is 35.5 Å². The van der Waals surface area contributed by atoms with Gasteiger partial charge in [-0.05, 0) is 85.5 Å². The van der Waals surface area contributed by atoms with Gasteiger partial charge in [-0.1, -0.05) is 83.7 Å². The standard InChI is InChI=1S/C27H44/c1-5-9-23-12-14-26(15-13-23)22(4)27-18-16-25(17-19-27)21(3)20(2)24-10-7-6-8-11-24/h6-8,10-11,20-23,25-27H,5,9,12-19H2,1-4H3. The summed E-state index contributed by atoms with van der Waals surface area (Å²) in [5.74, 6) is 6.49. The third-order valence-corrected chi connectivity index (χ3v) is 8.75. The van der Waals surface area contributed by atoms with Crippen molar-refractivity contribution >= 4 is 0 Å². The van der Waals surface area contributed by atoms with E-state index in [1.54, 1.807) is 0 Å². The summed E-state index contributed by atoms with van der Waals surface area (Å²) in [5.41, 5.74) is 1.53. The van der Waals surface area contributed by atoms with E-state index in [1.165, 1.54) is 69.8 Å². The van der Waals surface area contributed by atoms with Gasteiger partial charge in [0, 0.05) is 0 Å². The number of hydrogen-bond acceptors (Lipinski definition) is 0. The molecule has 0 saturated heterocycles. The monoisotopic (exact) mass is 368 g/mol. The van der Waals surface area contributed by atoms with Crippen LogP contribution in [0.15, 0.2) is 30.3 Å². The van der Waals surface area contributed by atoms with E-state index < -0.39 is 0 Å². The van der Waals surface area contributed by atoms with Crippen molar-refractivity contribution in [2.75, 3.05) is 0 Å². The highest BCUT2D eigenvalue weighted by molar-refractivity contribution is 5.19. The summed E-state index contributed by atoms with van der Waals surface area (Å²) in [6.07, 6.45) is 14.9. The third-order valence-electron chi connectivity index (χ3n) is 8.75. The molecule has 1 aromatic carbocycles. The van der Waals surface area contributed by atoms with Gasteiger partial charge >= 0.3 is 0 Å². The molecule has 27 heavy (non-hydrogen) atoms. The maximum atomic E-state index is 2.60. The Morgan fingerprint density at radius 2 is 1.26 bits per heavy atom. The molecule has 2 aliphatic rings.